The molecule has 1 unspecified atom stereocenters. The number of hydrogen-bond donors (Lipinski definition) is 2. The molecule has 1 fully saturated rings. The van der Waals surface area contributed by atoms with Gasteiger partial charge in [0, 0.05) is 28.7 Å². The van der Waals surface area contributed by atoms with Crippen molar-refractivity contribution in [1.29, 1.82) is 0 Å². The van der Waals surface area contributed by atoms with Crippen LogP contribution < -0.4 is 10.6 Å². The third kappa shape index (κ3) is 3.38. The summed E-state index contributed by atoms with van der Waals surface area (Å²) in [7, 11) is 0. The number of piperidine rings is 1. The van der Waals surface area contributed by atoms with Gasteiger partial charge in [-0.2, -0.15) is 0 Å². The van der Waals surface area contributed by atoms with Gasteiger partial charge in [0.25, 0.3) is 0 Å². The monoisotopic (exact) mass is 380 g/mol. The maximum absolute atomic E-state index is 13.5. The first-order valence-electron chi connectivity index (χ1n) is 8.35. The summed E-state index contributed by atoms with van der Waals surface area (Å²) < 4.78 is 15.7. The van der Waals surface area contributed by atoms with Crippen LogP contribution in [0.3, 0.4) is 0 Å². The molecule has 0 bridgehead atoms. The van der Waals surface area contributed by atoms with E-state index in [4.69, 9.17) is 4.98 Å². The van der Waals surface area contributed by atoms with Crippen molar-refractivity contribution in [3.05, 3.63) is 46.3 Å². The van der Waals surface area contributed by atoms with Gasteiger partial charge in [-0.3, -0.25) is 4.40 Å². The average molecular weight is 381 g/mol. The fourth-order valence-corrected chi connectivity index (χ4v) is 4.50. The summed E-state index contributed by atoms with van der Waals surface area (Å²) in [4.78, 5) is 7.40. The van der Waals surface area contributed by atoms with E-state index < -0.39 is 0 Å². The maximum atomic E-state index is 13.5. The summed E-state index contributed by atoms with van der Waals surface area (Å²) >= 11 is 1.79. The van der Waals surface area contributed by atoms with Gasteiger partial charge >= 0.3 is 0 Å². The molecule has 0 aliphatic carbocycles. The Bertz CT molecular complexity index is 883. The summed E-state index contributed by atoms with van der Waals surface area (Å²) in [5, 5.41) is 6.77. The van der Waals surface area contributed by atoms with Gasteiger partial charge in [-0.1, -0.05) is 6.07 Å². The van der Waals surface area contributed by atoms with Crippen LogP contribution in [0, 0.1) is 19.7 Å². The van der Waals surface area contributed by atoms with Gasteiger partial charge in [0.15, 0.2) is 0 Å². The van der Waals surface area contributed by atoms with Gasteiger partial charge in [0.2, 0.25) is 5.95 Å². The Hall–Kier alpha value is -1.63. The highest BCUT2D eigenvalue weighted by molar-refractivity contribution is 7.17. The van der Waals surface area contributed by atoms with Gasteiger partial charge in [-0.05, 0) is 51.4 Å². The van der Waals surface area contributed by atoms with Crippen LogP contribution in [0.2, 0.25) is 0 Å². The molecule has 2 N–H and O–H groups in total. The van der Waals surface area contributed by atoms with E-state index in [-0.39, 0.29) is 18.2 Å². The van der Waals surface area contributed by atoms with Gasteiger partial charge in [0.05, 0.1) is 5.69 Å². The number of imidazole rings is 1. The molecule has 2 aromatic heterocycles. The minimum Gasteiger partial charge on any atom is -0.325 e. The van der Waals surface area contributed by atoms with Crippen LogP contribution in [-0.4, -0.2) is 22.5 Å². The molecule has 0 radical (unpaired) electrons. The lowest BCUT2D eigenvalue weighted by Gasteiger charge is -2.20. The molecule has 4 nitrogen and oxygen atoms in total. The number of nitrogens with zero attached hydrogens (tertiary/aromatic N) is 2. The Morgan fingerprint density at radius 1 is 1.36 bits per heavy atom. The molecule has 1 atom stereocenters. The second-order valence-electron chi connectivity index (χ2n) is 6.38. The second kappa shape index (κ2) is 7.32. The standard InChI is InChI=1S/C18H21FN4S.ClH/c1-11-12(2)24-17-16(13-5-4-8-20-10-13)22-18(23(11)17)21-15-7-3-6-14(19)9-15;/h3,6-7,9,13,20H,4-5,8,10H2,1-2H3,(H,21,22);1H. The van der Waals surface area contributed by atoms with E-state index in [9.17, 15) is 4.39 Å². The normalized spacial score (nSPS) is 17.5. The smallest absolute Gasteiger partial charge is 0.213 e. The molecule has 0 amide bonds. The van der Waals surface area contributed by atoms with Crippen molar-refractivity contribution in [1.82, 2.24) is 14.7 Å². The summed E-state index contributed by atoms with van der Waals surface area (Å²) in [5.41, 5.74) is 3.07. The first-order chi connectivity index (χ1) is 11.6. The van der Waals surface area contributed by atoms with Crippen molar-refractivity contribution in [3.63, 3.8) is 0 Å². The first-order valence-corrected chi connectivity index (χ1v) is 9.17. The molecule has 1 saturated heterocycles. The first kappa shape index (κ1) is 18.2. The molecule has 7 heteroatoms. The molecule has 4 rings (SSSR count). The number of rotatable bonds is 3. The molecule has 25 heavy (non-hydrogen) atoms. The van der Waals surface area contributed by atoms with E-state index in [1.54, 1.807) is 17.4 Å². The zero-order valence-electron chi connectivity index (χ0n) is 14.3. The summed E-state index contributed by atoms with van der Waals surface area (Å²) in [6.45, 7) is 6.31. The maximum Gasteiger partial charge on any atom is 0.213 e. The minimum absolute atomic E-state index is 0. The van der Waals surface area contributed by atoms with Crippen LogP contribution in [0.5, 0.6) is 0 Å². The van der Waals surface area contributed by atoms with Crippen molar-refractivity contribution in [2.45, 2.75) is 32.6 Å². The zero-order chi connectivity index (χ0) is 16.7. The number of aromatic nitrogens is 2. The fraction of sp³-hybridized carbons (Fsp3) is 0.389. The Balaban J connectivity index is 0.00000182. The van der Waals surface area contributed by atoms with Crippen molar-refractivity contribution in [3.8, 4) is 0 Å². The van der Waals surface area contributed by atoms with Gasteiger partial charge < -0.3 is 10.6 Å². The zero-order valence-corrected chi connectivity index (χ0v) is 15.9. The van der Waals surface area contributed by atoms with Crippen molar-refractivity contribution in [2.24, 2.45) is 0 Å². The van der Waals surface area contributed by atoms with Crippen LogP contribution in [0.15, 0.2) is 24.3 Å². The van der Waals surface area contributed by atoms with E-state index in [1.165, 1.54) is 34.0 Å². The van der Waals surface area contributed by atoms with E-state index >= 15 is 0 Å². The SMILES string of the molecule is Cc1sc2c(C3CCCNC3)nc(Nc3cccc(F)c3)n2c1C.Cl. The van der Waals surface area contributed by atoms with E-state index in [2.05, 4.69) is 28.9 Å². The van der Waals surface area contributed by atoms with Gasteiger partial charge in [0.1, 0.15) is 10.6 Å². The predicted molar refractivity (Wildman–Crippen MR) is 104 cm³/mol. The lowest BCUT2D eigenvalue weighted by molar-refractivity contribution is 0.458. The van der Waals surface area contributed by atoms with E-state index in [0.29, 0.717) is 5.92 Å². The molecule has 0 saturated carbocycles. The molecule has 134 valence electrons. The van der Waals surface area contributed by atoms with Crippen molar-refractivity contribution < 1.29 is 4.39 Å². The highest BCUT2D eigenvalue weighted by Gasteiger charge is 2.24. The topological polar surface area (TPSA) is 41.4 Å². The number of thiazole rings is 1. The molecular weight excluding hydrogens is 359 g/mol. The van der Waals surface area contributed by atoms with Crippen LogP contribution in [0.4, 0.5) is 16.0 Å². The number of hydrogen-bond acceptors (Lipinski definition) is 4. The molecule has 1 aliphatic rings. The molecule has 1 aliphatic heterocycles. The third-order valence-corrected chi connectivity index (χ3v) is 5.91. The Kier molecular flexibility index (Phi) is 5.32. The number of fused-ring (bicyclic) bond motifs is 1. The van der Waals surface area contributed by atoms with Crippen LogP contribution >= 0.6 is 23.7 Å². The van der Waals surface area contributed by atoms with Crippen LogP contribution in [-0.2, 0) is 0 Å². The molecule has 3 aromatic rings. The van der Waals surface area contributed by atoms with Gasteiger partial charge in [-0.15, -0.1) is 23.7 Å². The molecular formula is C18H22ClFN4S. The quantitative estimate of drug-likeness (QED) is 0.686. The Labute approximate surface area is 156 Å². The lowest BCUT2D eigenvalue weighted by Crippen LogP contribution is -2.28. The molecule has 0 spiro atoms. The Morgan fingerprint density at radius 3 is 2.92 bits per heavy atom. The fourth-order valence-electron chi connectivity index (χ4n) is 3.34. The lowest BCUT2D eigenvalue weighted by atomic mass is 9.97. The summed E-state index contributed by atoms with van der Waals surface area (Å²) in [5.74, 6) is 0.968. The highest BCUT2D eigenvalue weighted by atomic mass is 35.5. The van der Waals surface area contributed by atoms with Gasteiger partial charge in [-0.25, -0.2) is 9.37 Å². The third-order valence-electron chi connectivity index (χ3n) is 4.72. The van der Waals surface area contributed by atoms with E-state index in [0.717, 1.165) is 36.8 Å². The number of anilines is 2. The van der Waals surface area contributed by atoms with Crippen molar-refractivity contribution in [2.75, 3.05) is 18.4 Å². The number of halogens is 2. The largest absolute Gasteiger partial charge is 0.325 e. The summed E-state index contributed by atoms with van der Waals surface area (Å²) in [6.07, 6.45) is 2.34. The highest BCUT2D eigenvalue weighted by Crippen LogP contribution is 2.35. The molecule has 3 heterocycles. The summed E-state index contributed by atoms with van der Waals surface area (Å²) in [6, 6.07) is 6.52. The van der Waals surface area contributed by atoms with Crippen LogP contribution in [0.1, 0.15) is 35.0 Å². The number of nitrogens with one attached hydrogen (secondary N) is 2. The van der Waals surface area contributed by atoms with Crippen LogP contribution in [0.25, 0.3) is 4.83 Å². The Morgan fingerprint density at radius 2 is 2.20 bits per heavy atom. The average Bonchev–Trinajstić information content (AvgIpc) is 3.07. The van der Waals surface area contributed by atoms with Crippen molar-refractivity contribution >= 4 is 40.2 Å². The molecule has 1 aromatic carbocycles. The second-order valence-corrected chi connectivity index (χ2v) is 7.59. The number of benzene rings is 1. The number of aryl methyl sites for hydroxylation is 2. The minimum atomic E-state index is -0.247. The predicted octanol–water partition coefficient (Wildman–Crippen LogP) is 4.78. The van der Waals surface area contributed by atoms with E-state index in [1.807, 2.05) is 6.07 Å².